The molecular formula is C11H10F3N3OS. The van der Waals surface area contributed by atoms with E-state index < -0.39 is 18.5 Å². The van der Waals surface area contributed by atoms with Crippen LogP contribution in [-0.2, 0) is 17.8 Å². The fourth-order valence-corrected chi connectivity index (χ4v) is 3.08. The number of nitrogens with one attached hydrogen (secondary N) is 2. The average Bonchev–Trinajstić information content (AvgIpc) is 2.63. The second kappa shape index (κ2) is 5.19. The highest BCUT2D eigenvalue weighted by Crippen LogP contribution is 2.35. The van der Waals surface area contributed by atoms with Gasteiger partial charge in [0, 0.05) is 11.4 Å². The monoisotopic (exact) mass is 289 g/mol. The number of alkyl halides is 3. The number of carbonyl (C=O) groups is 1. The van der Waals surface area contributed by atoms with Crippen LogP contribution in [0.25, 0.3) is 0 Å². The molecule has 8 heteroatoms. The Morgan fingerprint density at radius 2 is 2.26 bits per heavy atom. The Balaban J connectivity index is 2.19. The molecule has 102 valence electrons. The first-order valence-corrected chi connectivity index (χ1v) is 6.34. The highest BCUT2D eigenvalue weighted by Gasteiger charge is 2.32. The maximum atomic E-state index is 12.1. The Labute approximate surface area is 111 Å². The van der Waals surface area contributed by atoms with Gasteiger partial charge in [-0.15, -0.1) is 11.3 Å². The second-order valence-electron chi connectivity index (χ2n) is 4.09. The van der Waals surface area contributed by atoms with E-state index in [1.807, 2.05) is 6.07 Å². The molecule has 2 heterocycles. The summed E-state index contributed by atoms with van der Waals surface area (Å²) in [4.78, 5) is 12.2. The Morgan fingerprint density at radius 1 is 1.53 bits per heavy atom. The number of carbonyl (C=O) groups excluding carboxylic acids is 1. The lowest BCUT2D eigenvalue weighted by molar-refractivity contribution is -0.150. The van der Waals surface area contributed by atoms with E-state index in [9.17, 15) is 18.0 Å². The van der Waals surface area contributed by atoms with Crippen molar-refractivity contribution in [3.8, 4) is 6.07 Å². The van der Waals surface area contributed by atoms with Crippen molar-refractivity contribution in [3.05, 3.63) is 16.0 Å². The van der Waals surface area contributed by atoms with Crippen molar-refractivity contribution in [1.82, 2.24) is 5.32 Å². The van der Waals surface area contributed by atoms with Crippen LogP contribution in [0.15, 0.2) is 0 Å². The normalized spacial score (nSPS) is 14.6. The molecule has 1 aliphatic heterocycles. The van der Waals surface area contributed by atoms with Crippen LogP contribution in [0.1, 0.15) is 22.4 Å². The first-order valence-electron chi connectivity index (χ1n) is 5.52. The first-order chi connectivity index (χ1) is 8.90. The zero-order valence-electron chi connectivity index (χ0n) is 9.73. The molecule has 0 saturated heterocycles. The van der Waals surface area contributed by atoms with Gasteiger partial charge in [0.25, 0.3) is 0 Å². The van der Waals surface area contributed by atoms with Gasteiger partial charge in [-0.05, 0) is 18.5 Å². The van der Waals surface area contributed by atoms with E-state index in [0.29, 0.717) is 19.5 Å². The highest BCUT2D eigenvalue weighted by atomic mass is 32.1. The second-order valence-corrected chi connectivity index (χ2v) is 5.19. The van der Waals surface area contributed by atoms with Gasteiger partial charge in [0.2, 0.25) is 5.91 Å². The molecule has 0 fully saturated rings. The van der Waals surface area contributed by atoms with Crippen LogP contribution in [0.4, 0.5) is 18.2 Å². The quantitative estimate of drug-likeness (QED) is 0.877. The number of hydrogen-bond donors (Lipinski definition) is 2. The van der Waals surface area contributed by atoms with Crippen LogP contribution in [0.3, 0.4) is 0 Å². The van der Waals surface area contributed by atoms with Gasteiger partial charge in [0.15, 0.2) is 0 Å². The summed E-state index contributed by atoms with van der Waals surface area (Å²) in [5.74, 6) is -1.14. The Kier molecular flexibility index (Phi) is 3.78. The van der Waals surface area contributed by atoms with Crippen LogP contribution >= 0.6 is 11.3 Å². The molecule has 0 bridgehead atoms. The van der Waals surface area contributed by atoms with Crippen LogP contribution in [-0.4, -0.2) is 18.6 Å². The zero-order valence-corrected chi connectivity index (χ0v) is 10.5. The van der Waals surface area contributed by atoms with Gasteiger partial charge in [0.1, 0.15) is 17.5 Å². The fourth-order valence-electron chi connectivity index (χ4n) is 1.89. The first kappa shape index (κ1) is 13.8. The minimum atomic E-state index is -4.55. The van der Waals surface area contributed by atoms with E-state index >= 15 is 0 Å². The van der Waals surface area contributed by atoms with Gasteiger partial charge in [-0.1, -0.05) is 0 Å². The lowest BCUT2D eigenvalue weighted by Crippen LogP contribution is -2.22. The summed E-state index contributed by atoms with van der Waals surface area (Å²) in [6, 6.07) is 1.96. The molecule has 1 aliphatic rings. The topological polar surface area (TPSA) is 64.9 Å². The van der Waals surface area contributed by atoms with Gasteiger partial charge >= 0.3 is 6.18 Å². The molecule has 1 aromatic heterocycles. The van der Waals surface area contributed by atoms with E-state index in [0.717, 1.165) is 21.8 Å². The number of rotatable bonds is 2. The van der Waals surface area contributed by atoms with Gasteiger partial charge < -0.3 is 10.6 Å². The predicted molar refractivity (Wildman–Crippen MR) is 63.7 cm³/mol. The number of nitriles is 1. The van der Waals surface area contributed by atoms with Crippen molar-refractivity contribution >= 4 is 22.2 Å². The highest BCUT2D eigenvalue weighted by molar-refractivity contribution is 7.16. The third-order valence-electron chi connectivity index (χ3n) is 2.65. The van der Waals surface area contributed by atoms with E-state index in [1.165, 1.54) is 0 Å². The summed E-state index contributed by atoms with van der Waals surface area (Å²) in [5, 5.41) is 14.6. The van der Waals surface area contributed by atoms with Gasteiger partial charge in [-0.25, -0.2) is 0 Å². The Morgan fingerprint density at radius 3 is 2.89 bits per heavy atom. The molecule has 2 rings (SSSR count). The van der Waals surface area contributed by atoms with E-state index in [-0.39, 0.29) is 10.6 Å². The number of thiophene rings is 1. The summed E-state index contributed by atoms with van der Waals surface area (Å²) in [7, 11) is 0. The average molecular weight is 289 g/mol. The van der Waals surface area contributed by atoms with Gasteiger partial charge in [-0.3, -0.25) is 4.79 Å². The maximum Gasteiger partial charge on any atom is 0.397 e. The molecule has 1 amide bonds. The number of amides is 1. The predicted octanol–water partition coefficient (Wildman–Crippen LogP) is 2.16. The Bertz CT molecular complexity index is 545. The molecule has 4 nitrogen and oxygen atoms in total. The number of nitrogens with zero attached hydrogens (tertiary/aromatic N) is 1. The molecule has 2 N–H and O–H groups in total. The lowest BCUT2D eigenvalue weighted by Gasteiger charge is -2.11. The van der Waals surface area contributed by atoms with Crippen molar-refractivity contribution in [2.24, 2.45) is 0 Å². The van der Waals surface area contributed by atoms with Gasteiger partial charge in [-0.2, -0.15) is 18.4 Å². The summed E-state index contributed by atoms with van der Waals surface area (Å²) >= 11 is 1.16. The minimum Gasteiger partial charge on any atom is -0.316 e. The summed E-state index contributed by atoms with van der Waals surface area (Å²) < 4.78 is 36.3. The number of hydrogen-bond acceptors (Lipinski definition) is 4. The molecule has 0 spiro atoms. The van der Waals surface area contributed by atoms with Crippen molar-refractivity contribution in [3.63, 3.8) is 0 Å². The molecule has 19 heavy (non-hydrogen) atoms. The van der Waals surface area contributed by atoms with Crippen LogP contribution in [0.2, 0.25) is 0 Å². The van der Waals surface area contributed by atoms with Gasteiger partial charge in [0.05, 0.1) is 5.56 Å². The lowest BCUT2D eigenvalue weighted by atomic mass is 10.1. The van der Waals surface area contributed by atoms with Crippen LogP contribution < -0.4 is 10.6 Å². The molecule has 0 radical (unpaired) electrons. The summed E-state index contributed by atoms with van der Waals surface area (Å²) in [5.41, 5.74) is 1.12. The van der Waals surface area contributed by atoms with Crippen molar-refractivity contribution < 1.29 is 18.0 Å². The van der Waals surface area contributed by atoms with Crippen molar-refractivity contribution in [2.75, 3.05) is 11.9 Å². The number of fused-ring (bicyclic) bond motifs is 1. The smallest absolute Gasteiger partial charge is 0.316 e. The molecular weight excluding hydrogens is 279 g/mol. The van der Waals surface area contributed by atoms with E-state index in [1.54, 1.807) is 0 Å². The Hall–Kier alpha value is -1.59. The standard InChI is InChI=1S/C11H10F3N3OS/c12-11(13,14)3-9(18)17-10-7(4-15)6-1-2-16-5-8(6)19-10/h16H,1-3,5H2,(H,17,18). The molecule has 0 aliphatic carbocycles. The summed E-state index contributed by atoms with van der Waals surface area (Å²) in [6.45, 7) is 1.29. The minimum absolute atomic E-state index is 0.213. The zero-order chi connectivity index (χ0) is 14.0. The number of halogens is 3. The third kappa shape index (κ3) is 3.24. The largest absolute Gasteiger partial charge is 0.397 e. The van der Waals surface area contributed by atoms with E-state index in [4.69, 9.17) is 5.26 Å². The van der Waals surface area contributed by atoms with Crippen molar-refractivity contribution in [1.29, 1.82) is 5.26 Å². The van der Waals surface area contributed by atoms with Crippen molar-refractivity contribution in [2.45, 2.75) is 25.6 Å². The molecule has 0 unspecified atom stereocenters. The summed E-state index contributed by atoms with van der Waals surface area (Å²) in [6.07, 6.45) is -5.45. The molecule has 0 saturated carbocycles. The molecule has 0 atom stereocenters. The molecule has 0 aromatic carbocycles. The fraction of sp³-hybridized carbons (Fsp3) is 0.455. The third-order valence-corrected chi connectivity index (χ3v) is 3.80. The van der Waals surface area contributed by atoms with E-state index in [2.05, 4.69) is 10.6 Å². The SMILES string of the molecule is N#Cc1c(NC(=O)CC(F)(F)F)sc2c1CCNC2. The van der Waals surface area contributed by atoms with Crippen LogP contribution in [0, 0.1) is 11.3 Å². The molecule has 1 aromatic rings. The maximum absolute atomic E-state index is 12.1. The number of anilines is 1. The van der Waals surface area contributed by atoms with Crippen LogP contribution in [0.5, 0.6) is 0 Å².